The second-order valence-electron chi connectivity index (χ2n) is 4.97. The van der Waals surface area contributed by atoms with E-state index in [9.17, 15) is 4.79 Å². The van der Waals surface area contributed by atoms with Crippen molar-refractivity contribution in [3.8, 4) is 5.75 Å². The number of carbonyl (C=O) groups excluding carboxylic acids is 1. The Hall–Kier alpha value is -2.30. The van der Waals surface area contributed by atoms with Gasteiger partial charge in [0.25, 0.3) is 5.91 Å². The molecule has 0 aliphatic carbocycles. The van der Waals surface area contributed by atoms with Crippen molar-refractivity contribution in [1.82, 2.24) is 0 Å². The first-order valence-corrected chi connectivity index (χ1v) is 6.75. The van der Waals surface area contributed by atoms with Crippen LogP contribution in [0.1, 0.15) is 18.4 Å². The molecule has 0 radical (unpaired) electrons. The second kappa shape index (κ2) is 5.00. The number of anilines is 2. The summed E-state index contributed by atoms with van der Waals surface area (Å²) in [6.07, 6.45) is 4.28. The molecule has 5 heteroatoms. The molecule has 0 saturated carbocycles. The summed E-state index contributed by atoms with van der Waals surface area (Å²) < 4.78 is 5.60. The molecule has 1 saturated heterocycles. The number of hydrogen-bond donors (Lipinski definition) is 2. The van der Waals surface area contributed by atoms with Crippen molar-refractivity contribution < 1.29 is 9.53 Å². The van der Waals surface area contributed by atoms with Crippen molar-refractivity contribution in [3.05, 3.63) is 30.4 Å². The van der Waals surface area contributed by atoms with Gasteiger partial charge in [0.15, 0.2) is 6.61 Å². The Morgan fingerprint density at radius 2 is 2.35 bits per heavy atom. The molecule has 0 unspecified atom stereocenters. The Balaban J connectivity index is 2.08. The van der Waals surface area contributed by atoms with E-state index in [1.165, 1.54) is 0 Å². The number of amides is 1. The number of allylic oxidation sites excluding steroid dienone is 1. The summed E-state index contributed by atoms with van der Waals surface area (Å²) in [4.78, 5) is 13.4. The lowest BCUT2D eigenvalue weighted by Crippen LogP contribution is -2.28. The highest BCUT2D eigenvalue weighted by Crippen LogP contribution is 2.39. The van der Waals surface area contributed by atoms with Crippen molar-refractivity contribution in [3.63, 3.8) is 0 Å². The van der Waals surface area contributed by atoms with E-state index >= 15 is 0 Å². The van der Waals surface area contributed by atoms with Gasteiger partial charge in [-0.3, -0.25) is 10.2 Å². The van der Waals surface area contributed by atoms with Crippen LogP contribution in [0.25, 0.3) is 0 Å². The third kappa shape index (κ3) is 2.05. The highest BCUT2D eigenvalue weighted by atomic mass is 16.5. The Bertz CT molecular complexity index is 595. The van der Waals surface area contributed by atoms with E-state index in [0.717, 1.165) is 30.6 Å². The quantitative estimate of drug-likeness (QED) is 0.829. The first-order chi connectivity index (χ1) is 9.70. The van der Waals surface area contributed by atoms with Crippen LogP contribution in [0.2, 0.25) is 0 Å². The summed E-state index contributed by atoms with van der Waals surface area (Å²) in [5.41, 5.74) is 2.68. The minimum atomic E-state index is -0.135. The molecule has 5 nitrogen and oxygen atoms in total. The molecule has 2 heterocycles. The molecule has 0 aromatic heterocycles. The van der Waals surface area contributed by atoms with E-state index in [1.54, 1.807) is 0 Å². The van der Waals surface area contributed by atoms with Crippen LogP contribution in [0.5, 0.6) is 5.75 Å². The standard InChI is InChI=1S/C15H17N3O2/c1-2-4-10-12(18-8-3-5-13(18)16)7-6-11-15(10)20-9-14(19)17-11/h2,6-7,16H,1,3-5,8-9H2,(H,17,19). The molecule has 2 aliphatic rings. The van der Waals surface area contributed by atoms with Crippen molar-refractivity contribution in [1.29, 1.82) is 5.41 Å². The molecule has 3 rings (SSSR count). The van der Waals surface area contributed by atoms with Gasteiger partial charge in [0.2, 0.25) is 0 Å². The third-order valence-electron chi connectivity index (χ3n) is 3.62. The van der Waals surface area contributed by atoms with E-state index in [-0.39, 0.29) is 12.5 Å². The Labute approximate surface area is 117 Å². The maximum Gasteiger partial charge on any atom is 0.262 e. The lowest BCUT2D eigenvalue weighted by molar-refractivity contribution is -0.118. The maximum atomic E-state index is 11.4. The molecule has 0 bridgehead atoms. The van der Waals surface area contributed by atoms with Gasteiger partial charge in [0, 0.05) is 24.2 Å². The minimum absolute atomic E-state index is 0.0397. The molecule has 1 fully saturated rings. The summed E-state index contributed by atoms with van der Waals surface area (Å²) in [7, 11) is 0. The highest BCUT2D eigenvalue weighted by molar-refractivity contribution is 6.01. The zero-order valence-electron chi connectivity index (χ0n) is 11.2. The summed E-state index contributed by atoms with van der Waals surface area (Å²) in [6, 6.07) is 3.80. The fourth-order valence-corrected chi connectivity index (χ4v) is 2.74. The van der Waals surface area contributed by atoms with Crippen molar-refractivity contribution in [2.24, 2.45) is 0 Å². The van der Waals surface area contributed by atoms with Crippen LogP contribution in [-0.4, -0.2) is 24.9 Å². The van der Waals surface area contributed by atoms with Gasteiger partial charge in [-0.2, -0.15) is 0 Å². The lowest BCUT2D eigenvalue weighted by atomic mass is 10.0. The first kappa shape index (κ1) is 12.7. The number of ether oxygens (including phenoxy) is 1. The highest BCUT2D eigenvalue weighted by Gasteiger charge is 2.26. The van der Waals surface area contributed by atoms with Crippen LogP contribution in [0.4, 0.5) is 11.4 Å². The van der Waals surface area contributed by atoms with E-state index in [4.69, 9.17) is 10.1 Å². The van der Waals surface area contributed by atoms with Crippen LogP contribution < -0.4 is 15.0 Å². The fourth-order valence-electron chi connectivity index (χ4n) is 2.74. The molecular formula is C15H17N3O2. The minimum Gasteiger partial charge on any atom is -0.481 e. The average molecular weight is 271 g/mol. The monoisotopic (exact) mass is 271 g/mol. The Kier molecular flexibility index (Phi) is 3.18. The molecule has 0 spiro atoms. The number of rotatable bonds is 3. The summed E-state index contributed by atoms with van der Waals surface area (Å²) in [5.74, 6) is 1.21. The van der Waals surface area contributed by atoms with Gasteiger partial charge in [-0.1, -0.05) is 6.08 Å². The first-order valence-electron chi connectivity index (χ1n) is 6.75. The summed E-state index contributed by atoms with van der Waals surface area (Å²) in [5, 5.41) is 10.9. The molecule has 20 heavy (non-hydrogen) atoms. The van der Waals surface area contributed by atoms with E-state index in [1.807, 2.05) is 23.1 Å². The number of fused-ring (bicyclic) bond motifs is 1. The van der Waals surface area contributed by atoms with Crippen molar-refractivity contribution in [2.75, 3.05) is 23.4 Å². The SMILES string of the molecule is C=CCc1c(N2CCCC2=N)ccc2c1OCC(=O)N2. The van der Waals surface area contributed by atoms with Crippen LogP contribution in [0, 0.1) is 5.41 Å². The molecule has 2 N–H and O–H groups in total. The molecule has 1 aromatic carbocycles. The van der Waals surface area contributed by atoms with Crippen molar-refractivity contribution >= 4 is 23.1 Å². The summed E-state index contributed by atoms with van der Waals surface area (Å²) >= 11 is 0. The number of nitrogens with zero attached hydrogens (tertiary/aromatic N) is 1. The van der Waals surface area contributed by atoms with Gasteiger partial charge in [-0.25, -0.2) is 0 Å². The van der Waals surface area contributed by atoms with Crippen LogP contribution in [0.15, 0.2) is 24.8 Å². The van der Waals surface area contributed by atoms with Gasteiger partial charge in [0.05, 0.1) is 5.69 Å². The van der Waals surface area contributed by atoms with Crippen LogP contribution >= 0.6 is 0 Å². The van der Waals surface area contributed by atoms with E-state index in [2.05, 4.69) is 11.9 Å². The number of hydrogen-bond acceptors (Lipinski definition) is 3. The van der Waals surface area contributed by atoms with Crippen LogP contribution in [-0.2, 0) is 11.2 Å². The number of benzene rings is 1. The van der Waals surface area contributed by atoms with Crippen LogP contribution in [0.3, 0.4) is 0 Å². The third-order valence-corrected chi connectivity index (χ3v) is 3.62. The zero-order valence-corrected chi connectivity index (χ0v) is 11.2. The average Bonchev–Trinajstić information content (AvgIpc) is 2.85. The van der Waals surface area contributed by atoms with E-state index in [0.29, 0.717) is 23.7 Å². The molecule has 0 atom stereocenters. The predicted molar refractivity (Wildman–Crippen MR) is 78.8 cm³/mol. The Morgan fingerprint density at radius 1 is 1.50 bits per heavy atom. The topological polar surface area (TPSA) is 65.4 Å². The van der Waals surface area contributed by atoms with Crippen molar-refractivity contribution in [2.45, 2.75) is 19.3 Å². The lowest BCUT2D eigenvalue weighted by Gasteiger charge is -2.27. The second-order valence-corrected chi connectivity index (χ2v) is 4.97. The zero-order chi connectivity index (χ0) is 14.1. The normalized spacial score (nSPS) is 17.5. The number of amidine groups is 1. The molecule has 1 aromatic rings. The molecule has 104 valence electrons. The van der Waals surface area contributed by atoms with Gasteiger partial charge >= 0.3 is 0 Å². The summed E-state index contributed by atoms with van der Waals surface area (Å²) in [6.45, 7) is 4.69. The predicted octanol–water partition coefficient (Wildman–Crippen LogP) is 2.32. The number of carbonyl (C=O) groups is 1. The fraction of sp³-hybridized carbons (Fsp3) is 0.333. The van der Waals surface area contributed by atoms with Gasteiger partial charge in [0.1, 0.15) is 11.6 Å². The number of nitrogens with one attached hydrogen (secondary N) is 2. The molecule has 2 aliphatic heterocycles. The smallest absolute Gasteiger partial charge is 0.262 e. The van der Waals surface area contributed by atoms with Gasteiger partial charge < -0.3 is 15.0 Å². The maximum absolute atomic E-state index is 11.4. The molecular weight excluding hydrogens is 254 g/mol. The Morgan fingerprint density at radius 3 is 3.05 bits per heavy atom. The molecule has 1 amide bonds. The van der Waals surface area contributed by atoms with E-state index < -0.39 is 0 Å². The largest absolute Gasteiger partial charge is 0.481 e. The van der Waals surface area contributed by atoms with Gasteiger partial charge in [-0.15, -0.1) is 6.58 Å². The van der Waals surface area contributed by atoms with Gasteiger partial charge in [-0.05, 0) is 25.0 Å².